The van der Waals surface area contributed by atoms with Crippen molar-refractivity contribution in [2.75, 3.05) is 19.0 Å². The first-order valence-electron chi connectivity index (χ1n) is 6.33. The number of methoxy groups -OCH3 is 1. The van der Waals surface area contributed by atoms with Gasteiger partial charge in [-0.25, -0.2) is 0 Å². The second-order valence-electron chi connectivity index (χ2n) is 4.97. The Hall–Kier alpha value is -1.29. The minimum atomic E-state index is 0.416. The maximum atomic E-state index is 5.74. The number of hydrogen-bond acceptors (Lipinski definition) is 3. The van der Waals surface area contributed by atoms with Crippen LogP contribution >= 0.6 is 12.2 Å². The molecule has 18 heavy (non-hydrogen) atoms. The van der Waals surface area contributed by atoms with Crippen molar-refractivity contribution in [1.82, 2.24) is 0 Å². The van der Waals surface area contributed by atoms with E-state index < -0.39 is 0 Å². The SMILES string of the molecule is COc1ccc(C(N)=S)c(NCC(C)C2CC2)c1. The molecule has 98 valence electrons. The maximum absolute atomic E-state index is 5.74. The zero-order valence-electron chi connectivity index (χ0n) is 10.9. The Balaban J connectivity index is 2.09. The Kier molecular flexibility index (Phi) is 4.07. The first kappa shape index (κ1) is 13.1. The molecule has 1 aliphatic carbocycles. The van der Waals surface area contributed by atoms with E-state index in [4.69, 9.17) is 22.7 Å². The summed E-state index contributed by atoms with van der Waals surface area (Å²) in [6.45, 7) is 3.23. The Morgan fingerprint density at radius 1 is 1.56 bits per heavy atom. The molecule has 0 heterocycles. The molecule has 1 aromatic carbocycles. The number of hydrogen-bond donors (Lipinski definition) is 2. The van der Waals surface area contributed by atoms with Crippen molar-refractivity contribution in [3.63, 3.8) is 0 Å². The highest BCUT2D eigenvalue weighted by Crippen LogP contribution is 2.36. The number of nitrogens with one attached hydrogen (secondary N) is 1. The standard InChI is InChI=1S/C14H20N2OS/c1-9(10-3-4-10)8-16-13-7-11(17-2)5-6-12(13)14(15)18/h5-7,9-10,16H,3-4,8H2,1-2H3,(H2,15,18). The summed E-state index contributed by atoms with van der Waals surface area (Å²) in [7, 11) is 1.66. The minimum Gasteiger partial charge on any atom is -0.497 e. The van der Waals surface area contributed by atoms with Gasteiger partial charge in [0.15, 0.2) is 0 Å². The molecule has 1 atom stereocenters. The van der Waals surface area contributed by atoms with Gasteiger partial charge in [0.1, 0.15) is 10.7 Å². The van der Waals surface area contributed by atoms with E-state index in [1.807, 2.05) is 18.2 Å². The zero-order valence-corrected chi connectivity index (χ0v) is 11.7. The van der Waals surface area contributed by atoms with Gasteiger partial charge in [0.25, 0.3) is 0 Å². The third kappa shape index (κ3) is 3.13. The topological polar surface area (TPSA) is 47.3 Å². The van der Waals surface area contributed by atoms with Crippen LogP contribution in [0.2, 0.25) is 0 Å². The number of thiocarbonyl (C=S) groups is 1. The van der Waals surface area contributed by atoms with Crippen molar-refractivity contribution < 1.29 is 4.74 Å². The monoisotopic (exact) mass is 264 g/mol. The van der Waals surface area contributed by atoms with Gasteiger partial charge in [-0.1, -0.05) is 19.1 Å². The third-order valence-electron chi connectivity index (χ3n) is 3.53. The molecule has 0 saturated heterocycles. The molecule has 0 bridgehead atoms. The van der Waals surface area contributed by atoms with Crippen molar-refractivity contribution in [3.05, 3.63) is 23.8 Å². The van der Waals surface area contributed by atoms with E-state index >= 15 is 0 Å². The predicted molar refractivity (Wildman–Crippen MR) is 79.3 cm³/mol. The molecule has 0 spiro atoms. The fourth-order valence-electron chi connectivity index (χ4n) is 2.11. The van der Waals surface area contributed by atoms with Gasteiger partial charge >= 0.3 is 0 Å². The lowest BCUT2D eigenvalue weighted by atomic mass is 10.1. The Morgan fingerprint density at radius 2 is 2.28 bits per heavy atom. The molecule has 3 N–H and O–H groups in total. The Bertz CT molecular complexity index is 443. The fourth-order valence-corrected chi connectivity index (χ4v) is 2.29. The summed E-state index contributed by atoms with van der Waals surface area (Å²) < 4.78 is 5.23. The first-order valence-corrected chi connectivity index (χ1v) is 6.74. The zero-order chi connectivity index (χ0) is 13.1. The van der Waals surface area contributed by atoms with E-state index in [-0.39, 0.29) is 0 Å². The molecule has 3 nitrogen and oxygen atoms in total. The van der Waals surface area contributed by atoms with Crippen LogP contribution in [0.5, 0.6) is 5.75 Å². The van der Waals surface area contributed by atoms with Crippen LogP contribution in [0.25, 0.3) is 0 Å². The lowest BCUT2D eigenvalue weighted by Crippen LogP contribution is -2.17. The molecule has 1 aromatic rings. The number of rotatable bonds is 6. The molecular weight excluding hydrogens is 244 g/mol. The summed E-state index contributed by atoms with van der Waals surface area (Å²) in [6, 6.07) is 5.74. The van der Waals surface area contributed by atoms with Gasteiger partial charge in [-0.2, -0.15) is 0 Å². The molecule has 2 rings (SSSR count). The van der Waals surface area contributed by atoms with Crippen molar-refractivity contribution in [1.29, 1.82) is 0 Å². The molecule has 1 saturated carbocycles. The normalized spacial score (nSPS) is 16.1. The molecular formula is C14H20N2OS. The summed E-state index contributed by atoms with van der Waals surface area (Å²) in [5, 5.41) is 3.44. The third-order valence-corrected chi connectivity index (χ3v) is 3.75. The van der Waals surface area contributed by atoms with Gasteiger partial charge < -0.3 is 15.8 Å². The summed E-state index contributed by atoms with van der Waals surface area (Å²) in [5.41, 5.74) is 7.59. The van der Waals surface area contributed by atoms with Gasteiger partial charge in [-0.15, -0.1) is 0 Å². The smallest absolute Gasteiger partial charge is 0.120 e. The van der Waals surface area contributed by atoms with E-state index in [0.717, 1.165) is 29.5 Å². The lowest BCUT2D eigenvalue weighted by Gasteiger charge is -2.16. The van der Waals surface area contributed by atoms with E-state index in [9.17, 15) is 0 Å². The fraction of sp³-hybridized carbons (Fsp3) is 0.500. The highest BCUT2D eigenvalue weighted by Gasteiger charge is 2.27. The van der Waals surface area contributed by atoms with Crippen molar-refractivity contribution in [2.24, 2.45) is 17.6 Å². The van der Waals surface area contributed by atoms with Crippen LogP contribution in [-0.4, -0.2) is 18.6 Å². The quantitative estimate of drug-likeness (QED) is 0.776. The van der Waals surface area contributed by atoms with Crippen LogP contribution in [0.1, 0.15) is 25.3 Å². The van der Waals surface area contributed by atoms with Crippen LogP contribution in [0.4, 0.5) is 5.69 Å². The van der Waals surface area contributed by atoms with E-state index in [1.54, 1.807) is 7.11 Å². The highest BCUT2D eigenvalue weighted by atomic mass is 32.1. The lowest BCUT2D eigenvalue weighted by molar-refractivity contribution is 0.415. The number of nitrogens with two attached hydrogens (primary N) is 1. The van der Waals surface area contributed by atoms with E-state index in [0.29, 0.717) is 10.9 Å². The van der Waals surface area contributed by atoms with E-state index in [1.165, 1.54) is 12.8 Å². The molecule has 0 aromatic heterocycles. The van der Waals surface area contributed by atoms with Gasteiger partial charge in [0.05, 0.1) is 7.11 Å². The largest absolute Gasteiger partial charge is 0.497 e. The maximum Gasteiger partial charge on any atom is 0.120 e. The number of ether oxygens (including phenoxy) is 1. The molecule has 1 unspecified atom stereocenters. The summed E-state index contributed by atoms with van der Waals surface area (Å²) in [5.74, 6) is 2.39. The molecule has 1 aliphatic rings. The van der Waals surface area contributed by atoms with Crippen molar-refractivity contribution in [2.45, 2.75) is 19.8 Å². The Labute approximate surface area is 114 Å². The van der Waals surface area contributed by atoms with Gasteiger partial charge in [0.2, 0.25) is 0 Å². The second kappa shape index (κ2) is 5.57. The summed E-state index contributed by atoms with van der Waals surface area (Å²) in [4.78, 5) is 0.416. The molecule has 4 heteroatoms. The molecule has 0 radical (unpaired) electrons. The van der Waals surface area contributed by atoms with Crippen LogP contribution < -0.4 is 15.8 Å². The summed E-state index contributed by atoms with van der Waals surface area (Å²) in [6.07, 6.45) is 2.73. The summed E-state index contributed by atoms with van der Waals surface area (Å²) >= 11 is 5.07. The van der Waals surface area contributed by atoms with Crippen LogP contribution in [0, 0.1) is 11.8 Å². The molecule has 1 fully saturated rings. The van der Waals surface area contributed by atoms with E-state index in [2.05, 4.69) is 12.2 Å². The average molecular weight is 264 g/mol. The number of benzene rings is 1. The van der Waals surface area contributed by atoms with Gasteiger partial charge in [-0.3, -0.25) is 0 Å². The predicted octanol–water partition coefficient (Wildman–Crippen LogP) is 2.79. The Morgan fingerprint density at radius 3 is 2.83 bits per heavy atom. The van der Waals surface area contributed by atoms with Crippen LogP contribution in [0.15, 0.2) is 18.2 Å². The van der Waals surface area contributed by atoms with Gasteiger partial charge in [0, 0.05) is 23.9 Å². The highest BCUT2D eigenvalue weighted by molar-refractivity contribution is 7.80. The average Bonchev–Trinajstić information content (AvgIpc) is 3.19. The second-order valence-corrected chi connectivity index (χ2v) is 5.41. The van der Waals surface area contributed by atoms with Crippen molar-refractivity contribution in [3.8, 4) is 5.75 Å². The number of anilines is 1. The van der Waals surface area contributed by atoms with Crippen molar-refractivity contribution >= 4 is 22.9 Å². The minimum absolute atomic E-state index is 0.416. The molecule has 0 amide bonds. The molecule has 0 aliphatic heterocycles. The van der Waals surface area contributed by atoms with Gasteiger partial charge in [-0.05, 0) is 36.8 Å². The first-order chi connectivity index (χ1) is 8.61. The van der Waals surface area contributed by atoms with Crippen LogP contribution in [-0.2, 0) is 0 Å². The van der Waals surface area contributed by atoms with Crippen LogP contribution in [0.3, 0.4) is 0 Å².